The van der Waals surface area contributed by atoms with Gasteiger partial charge >= 0.3 is 0 Å². The number of likely N-dealkylation sites (tertiary alicyclic amines) is 1. The molecule has 0 spiro atoms. The molecule has 0 radical (unpaired) electrons. The third kappa shape index (κ3) is 4.59. The van der Waals surface area contributed by atoms with Gasteiger partial charge in [-0.05, 0) is 57.0 Å². The second kappa shape index (κ2) is 8.27. The number of hydrogen-bond acceptors (Lipinski definition) is 3. The standard InChI is InChI=1S/C20H25BrN4O2/c1-13-11-18(14(2)25(13)17-5-3-15(21)4-6-17)20(27)23-16-7-9-24(10-8-16)12-19(22)26/h3-6,11,16H,7-10,12H2,1-2H3,(H2,22,26)(H,23,27). The molecule has 2 aromatic rings. The minimum atomic E-state index is -0.308. The van der Waals surface area contributed by atoms with Crippen LogP contribution >= 0.6 is 15.9 Å². The van der Waals surface area contributed by atoms with Gasteiger partial charge < -0.3 is 15.6 Å². The lowest BCUT2D eigenvalue weighted by atomic mass is 10.0. The highest BCUT2D eigenvalue weighted by Gasteiger charge is 2.24. The highest BCUT2D eigenvalue weighted by molar-refractivity contribution is 9.10. The molecule has 1 saturated heterocycles. The fourth-order valence-electron chi connectivity index (χ4n) is 3.70. The van der Waals surface area contributed by atoms with Gasteiger partial charge in [-0.2, -0.15) is 0 Å². The number of nitrogens with two attached hydrogens (primary N) is 1. The van der Waals surface area contributed by atoms with Crippen LogP contribution in [-0.2, 0) is 4.79 Å². The molecule has 0 saturated carbocycles. The average molecular weight is 433 g/mol. The van der Waals surface area contributed by atoms with Crippen LogP contribution in [0.3, 0.4) is 0 Å². The van der Waals surface area contributed by atoms with Crippen molar-refractivity contribution in [3.05, 3.63) is 51.8 Å². The van der Waals surface area contributed by atoms with E-state index in [4.69, 9.17) is 5.73 Å². The number of piperidine rings is 1. The van der Waals surface area contributed by atoms with Crippen molar-refractivity contribution in [3.63, 3.8) is 0 Å². The van der Waals surface area contributed by atoms with E-state index in [0.29, 0.717) is 5.56 Å². The number of aryl methyl sites for hydroxylation is 1. The maximum atomic E-state index is 12.8. The highest BCUT2D eigenvalue weighted by Crippen LogP contribution is 2.23. The summed E-state index contributed by atoms with van der Waals surface area (Å²) in [7, 11) is 0. The molecule has 3 N–H and O–H groups in total. The predicted molar refractivity (Wildman–Crippen MR) is 109 cm³/mol. The van der Waals surface area contributed by atoms with Crippen molar-refractivity contribution in [2.75, 3.05) is 19.6 Å². The van der Waals surface area contributed by atoms with Crippen LogP contribution in [0.15, 0.2) is 34.8 Å². The Morgan fingerprint density at radius 1 is 1.19 bits per heavy atom. The van der Waals surface area contributed by atoms with Crippen molar-refractivity contribution < 1.29 is 9.59 Å². The van der Waals surface area contributed by atoms with Gasteiger partial charge in [0, 0.05) is 40.7 Å². The van der Waals surface area contributed by atoms with E-state index in [9.17, 15) is 9.59 Å². The normalized spacial score (nSPS) is 15.7. The van der Waals surface area contributed by atoms with Crippen LogP contribution in [0.25, 0.3) is 5.69 Å². The first kappa shape index (κ1) is 19.6. The highest BCUT2D eigenvalue weighted by atomic mass is 79.9. The van der Waals surface area contributed by atoms with E-state index >= 15 is 0 Å². The van der Waals surface area contributed by atoms with E-state index in [1.807, 2.05) is 49.1 Å². The maximum Gasteiger partial charge on any atom is 0.253 e. The maximum absolute atomic E-state index is 12.8. The number of carbonyl (C=O) groups is 2. The van der Waals surface area contributed by atoms with Gasteiger partial charge in [0.2, 0.25) is 5.91 Å². The zero-order valence-electron chi connectivity index (χ0n) is 15.7. The van der Waals surface area contributed by atoms with Crippen molar-refractivity contribution >= 4 is 27.7 Å². The van der Waals surface area contributed by atoms with E-state index < -0.39 is 0 Å². The largest absolute Gasteiger partial charge is 0.369 e. The molecule has 144 valence electrons. The molecular formula is C20H25BrN4O2. The second-order valence-electron chi connectivity index (χ2n) is 7.09. The number of primary amides is 1. The summed E-state index contributed by atoms with van der Waals surface area (Å²) in [4.78, 5) is 25.9. The predicted octanol–water partition coefficient (Wildman–Crippen LogP) is 2.54. The van der Waals surface area contributed by atoms with Crippen LogP contribution in [0.2, 0.25) is 0 Å². The first-order valence-corrected chi connectivity index (χ1v) is 9.91. The summed E-state index contributed by atoms with van der Waals surface area (Å²) >= 11 is 3.45. The Bertz CT molecular complexity index is 836. The molecule has 0 aliphatic carbocycles. The molecule has 3 rings (SSSR count). The van der Waals surface area contributed by atoms with Crippen LogP contribution in [0, 0.1) is 13.8 Å². The van der Waals surface area contributed by atoms with Gasteiger partial charge in [0.05, 0.1) is 12.1 Å². The summed E-state index contributed by atoms with van der Waals surface area (Å²) < 4.78 is 3.12. The smallest absolute Gasteiger partial charge is 0.253 e. The van der Waals surface area contributed by atoms with Crippen LogP contribution < -0.4 is 11.1 Å². The van der Waals surface area contributed by atoms with Crippen molar-refractivity contribution in [1.82, 2.24) is 14.8 Å². The quantitative estimate of drug-likeness (QED) is 0.761. The summed E-state index contributed by atoms with van der Waals surface area (Å²) in [5.74, 6) is -0.349. The molecule has 1 aliphatic rings. The summed E-state index contributed by atoms with van der Waals surface area (Å²) in [6.07, 6.45) is 1.65. The Balaban J connectivity index is 1.68. The molecule has 0 unspecified atom stereocenters. The zero-order valence-corrected chi connectivity index (χ0v) is 17.3. The van der Waals surface area contributed by atoms with Gasteiger partial charge in [-0.3, -0.25) is 14.5 Å². The van der Waals surface area contributed by atoms with Gasteiger partial charge in [0.15, 0.2) is 0 Å². The molecule has 0 atom stereocenters. The summed E-state index contributed by atoms with van der Waals surface area (Å²) in [5, 5.41) is 3.15. The number of nitrogens with zero attached hydrogens (tertiary/aromatic N) is 2. The Labute approximate surface area is 167 Å². The van der Waals surface area contributed by atoms with E-state index in [1.165, 1.54) is 0 Å². The topological polar surface area (TPSA) is 80.4 Å². The molecule has 1 aromatic carbocycles. The Morgan fingerprint density at radius 3 is 2.41 bits per heavy atom. The Morgan fingerprint density at radius 2 is 1.81 bits per heavy atom. The second-order valence-corrected chi connectivity index (χ2v) is 8.00. The number of nitrogens with one attached hydrogen (secondary N) is 1. The molecule has 1 fully saturated rings. The van der Waals surface area contributed by atoms with Crippen LogP contribution in [0.4, 0.5) is 0 Å². The first-order valence-electron chi connectivity index (χ1n) is 9.11. The van der Waals surface area contributed by atoms with Gasteiger partial charge in [-0.15, -0.1) is 0 Å². The summed E-state index contributed by atoms with van der Waals surface area (Å²) in [5.41, 5.74) is 8.94. The number of benzene rings is 1. The van der Waals surface area contributed by atoms with E-state index in [1.54, 1.807) is 0 Å². The van der Waals surface area contributed by atoms with Crippen LogP contribution in [-0.4, -0.2) is 47.0 Å². The lowest BCUT2D eigenvalue weighted by Gasteiger charge is -2.31. The monoisotopic (exact) mass is 432 g/mol. The lowest BCUT2D eigenvalue weighted by Crippen LogP contribution is -2.46. The van der Waals surface area contributed by atoms with E-state index in [0.717, 1.165) is 47.5 Å². The SMILES string of the molecule is Cc1cc(C(=O)NC2CCN(CC(N)=O)CC2)c(C)n1-c1ccc(Br)cc1. The molecule has 1 aromatic heterocycles. The fraction of sp³-hybridized carbons (Fsp3) is 0.400. The Kier molecular flexibility index (Phi) is 6.01. The number of hydrogen-bond donors (Lipinski definition) is 2. The lowest BCUT2D eigenvalue weighted by molar-refractivity contribution is -0.119. The molecular weight excluding hydrogens is 408 g/mol. The Hall–Kier alpha value is -2.12. The molecule has 2 amide bonds. The average Bonchev–Trinajstić information content (AvgIpc) is 2.92. The molecule has 27 heavy (non-hydrogen) atoms. The number of carbonyl (C=O) groups excluding carboxylic acids is 2. The first-order chi connectivity index (χ1) is 12.8. The number of aromatic nitrogens is 1. The van der Waals surface area contributed by atoms with Gasteiger partial charge in [-0.1, -0.05) is 15.9 Å². The van der Waals surface area contributed by atoms with Crippen molar-refractivity contribution in [2.24, 2.45) is 5.73 Å². The number of halogens is 1. The molecule has 0 bridgehead atoms. The minimum absolute atomic E-state index is 0.0418. The van der Waals surface area contributed by atoms with Crippen molar-refractivity contribution in [2.45, 2.75) is 32.7 Å². The third-order valence-electron chi connectivity index (χ3n) is 5.06. The molecule has 7 heteroatoms. The number of amides is 2. The number of rotatable bonds is 5. The molecule has 1 aliphatic heterocycles. The van der Waals surface area contributed by atoms with Gasteiger partial charge in [-0.25, -0.2) is 0 Å². The zero-order chi connectivity index (χ0) is 19.6. The summed E-state index contributed by atoms with van der Waals surface area (Å²) in [6.45, 7) is 5.81. The van der Waals surface area contributed by atoms with E-state index in [-0.39, 0.29) is 24.4 Å². The van der Waals surface area contributed by atoms with Crippen molar-refractivity contribution in [1.29, 1.82) is 0 Å². The van der Waals surface area contributed by atoms with Crippen molar-refractivity contribution in [3.8, 4) is 5.69 Å². The van der Waals surface area contributed by atoms with Gasteiger partial charge in [0.1, 0.15) is 0 Å². The van der Waals surface area contributed by atoms with Crippen LogP contribution in [0.5, 0.6) is 0 Å². The molecule has 6 nitrogen and oxygen atoms in total. The van der Waals surface area contributed by atoms with E-state index in [2.05, 4.69) is 25.8 Å². The third-order valence-corrected chi connectivity index (χ3v) is 5.59. The fourth-order valence-corrected chi connectivity index (χ4v) is 3.96. The summed E-state index contributed by atoms with van der Waals surface area (Å²) in [6, 6.07) is 10.1. The molecule has 2 heterocycles. The van der Waals surface area contributed by atoms with Gasteiger partial charge in [0.25, 0.3) is 5.91 Å². The minimum Gasteiger partial charge on any atom is -0.369 e. The van der Waals surface area contributed by atoms with Crippen LogP contribution in [0.1, 0.15) is 34.6 Å².